The van der Waals surface area contributed by atoms with Gasteiger partial charge in [-0.1, -0.05) is 32.9 Å². The summed E-state index contributed by atoms with van der Waals surface area (Å²) in [5.41, 5.74) is 3.18. The van der Waals surface area contributed by atoms with Crippen LogP contribution in [0.25, 0.3) is 0 Å². The fourth-order valence-electron chi connectivity index (χ4n) is 2.58. The van der Waals surface area contributed by atoms with Crippen LogP contribution in [0.1, 0.15) is 36.8 Å². The molecule has 2 N–H and O–H groups in total. The number of hydrogen-bond acceptors (Lipinski definition) is 5. The van der Waals surface area contributed by atoms with E-state index in [2.05, 4.69) is 53.5 Å². The van der Waals surface area contributed by atoms with E-state index >= 15 is 0 Å². The van der Waals surface area contributed by atoms with Gasteiger partial charge in [-0.05, 0) is 47.4 Å². The van der Waals surface area contributed by atoms with E-state index in [0.717, 1.165) is 11.4 Å². The van der Waals surface area contributed by atoms with Gasteiger partial charge in [0.2, 0.25) is 0 Å². The van der Waals surface area contributed by atoms with E-state index < -0.39 is 0 Å². The van der Waals surface area contributed by atoms with Gasteiger partial charge in [-0.15, -0.1) is 0 Å². The second-order valence-corrected chi connectivity index (χ2v) is 7.42. The molecule has 0 spiro atoms. The van der Waals surface area contributed by atoms with Crippen LogP contribution in [0.15, 0.2) is 60.9 Å². The van der Waals surface area contributed by atoms with Crippen LogP contribution in [0.3, 0.4) is 0 Å². The van der Waals surface area contributed by atoms with Gasteiger partial charge in [0.1, 0.15) is 17.3 Å². The van der Waals surface area contributed by atoms with Gasteiger partial charge in [-0.2, -0.15) is 0 Å². The summed E-state index contributed by atoms with van der Waals surface area (Å²) >= 11 is 0. The number of nitrogens with one attached hydrogen (secondary N) is 2. The van der Waals surface area contributed by atoms with Gasteiger partial charge in [0.25, 0.3) is 5.91 Å². The average molecular weight is 376 g/mol. The minimum absolute atomic E-state index is 0.108. The van der Waals surface area contributed by atoms with Crippen molar-refractivity contribution in [2.45, 2.75) is 26.2 Å². The standard InChI is InChI=1S/C22H24N4O2/c1-22(2,3)15-5-7-16(8-6-15)25-20-14-23-19(13-24-20)21(27)26-17-9-11-18(28-4)12-10-17/h5-14H,1-4H3,(H,24,25)(H,26,27). The quantitative estimate of drug-likeness (QED) is 0.670. The first-order chi connectivity index (χ1) is 13.3. The Hall–Kier alpha value is -3.41. The molecular weight excluding hydrogens is 352 g/mol. The van der Waals surface area contributed by atoms with Crippen molar-refractivity contribution < 1.29 is 9.53 Å². The lowest BCUT2D eigenvalue weighted by Gasteiger charge is -2.19. The second-order valence-electron chi connectivity index (χ2n) is 7.42. The topological polar surface area (TPSA) is 76.1 Å². The highest BCUT2D eigenvalue weighted by Gasteiger charge is 2.13. The second kappa shape index (κ2) is 8.08. The van der Waals surface area contributed by atoms with E-state index in [-0.39, 0.29) is 17.0 Å². The van der Waals surface area contributed by atoms with Crippen molar-refractivity contribution >= 4 is 23.1 Å². The molecule has 0 aliphatic rings. The molecule has 1 aromatic heterocycles. The summed E-state index contributed by atoms with van der Waals surface area (Å²) in [6.45, 7) is 6.53. The Bertz CT molecular complexity index is 928. The molecule has 0 atom stereocenters. The van der Waals surface area contributed by atoms with E-state index in [0.29, 0.717) is 11.5 Å². The molecule has 0 fully saturated rings. The Kier molecular flexibility index (Phi) is 5.59. The molecule has 0 radical (unpaired) electrons. The number of carbonyl (C=O) groups excluding carboxylic acids is 1. The van der Waals surface area contributed by atoms with Gasteiger partial charge < -0.3 is 15.4 Å². The third kappa shape index (κ3) is 4.85. The third-order valence-corrected chi connectivity index (χ3v) is 4.26. The van der Waals surface area contributed by atoms with E-state index in [1.165, 1.54) is 11.8 Å². The zero-order valence-corrected chi connectivity index (χ0v) is 16.5. The Labute approximate surface area is 165 Å². The molecule has 144 valence electrons. The van der Waals surface area contributed by atoms with E-state index in [9.17, 15) is 4.79 Å². The summed E-state index contributed by atoms with van der Waals surface area (Å²) in [5, 5.41) is 5.97. The molecule has 6 nitrogen and oxygen atoms in total. The van der Waals surface area contributed by atoms with Crippen LogP contribution in [-0.4, -0.2) is 23.0 Å². The summed E-state index contributed by atoms with van der Waals surface area (Å²) < 4.78 is 5.10. The van der Waals surface area contributed by atoms with Crippen molar-refractivity contribution in [3.05, 3.63) is 72.2 Å². The SMILES string of the molecule is COc1ccc(NC(=O)c2cnc(Nc3ccc(C(C)(C)C)cc3)cn2)cc1. The molecule has 3 rings (SSSR count). The molecule has 1 amide bonds. The molecule has 0 bridgehead atoms. The van der Waals surface area contributed by atoms with Crippen molar-refractivity contribution in [1.82, 2.24) is 9.97 Å². The molecular formula is C22H24N4O2. The lowest BCUT2D eigenvalue weighted by atomic mass is 9.87. The molecule has 0 aliphatic heterocycles. The zero-order chi connectivity index (χ0) is 20.1. The zero-order valence-electron chi connectivity index (χ0n) is 16.5. The predicted molar refractivity (Wildman–Crippen MR) is 111 cm³/mol. The van der Waals surface area contributed by atoms with Gasteiger partial charge in [0, 0.05) is 11.4 Å². The van der Waals surface area contributed by atoms with Gasteiger partial charge in [0.05, 0.1) is 19.5 Å². The van der Waals surface area contributed by atoms with E-state index in [4.69, 9.17) is 4.74 Å². The van der Waals surface area contributed by atoms with Gasteiger partial charge in [-0.3, -0.25) is 4.79 Å². The summed E-state index contributed by atoms with van der Waals surface area (Å²) in [5.74, 6) is 0.979. The number of benzene rings is 2. The number of rotatable bonds is 5. The normalized spacial score (nSPS) is 11.0. The molecule has 2 aromatic carbocycles. The van der Waals surface area contributed by atoms with Crippen LogP contribution < -0.4 is 15.4 Å². The summed E-state index contributed by atoms with van der Waals surface area (Å²) in [6, 6.07) is 15.3. The van der Waals surface area contributed by atoms with Crippen molar-refractivity contribution in [1.29, 1.82) is 0 Å². The molecule has 3 aromatic rings. The molecule has 28 heavy (non-hydrogen) atoms. The van der Waals surface area contributed by atoms with Crippen LogP contribution in [-0.2, 0) is 5.41 Å². The van der Waals surface area contributed by atoms with E-state index in [1.54, 1.807) is 37.6 Å². The highest BCUT2D eigenvalue weighted by Crippen LogP contribution is 2.24. The van der Waals surface area contributed by atoms with Crippen molar-refractivity contribution in [2.75, 3.05) is 17.7 Å². The highest BCUT2D eigenvalue weighted by molar-refractivity contribution is 6.02. The van der Waals surface area contributed by atoms with Gasteiger partial charge in [-0.25, -0.2) is 9.97 Å². The van der Waals surface area contributed by atoms with Crippen LogP contribution in [0.5, 0.6) is 5.75 Å². The first-order valence-corrected chi connectivity index (χ1v) is 9.00. The number of methoxy groups -OCH3 is 1. The average Bonchev–Trinajstić information content (AvgIpc) is 2.69. The number of nitrogens with zero attached hydrogens (tertiary/aromatic N) is 2. The van der Waals surface area contributed by atoms with E-state index in [1.807, 2.05) is 12.1 Å². The Morgan fingerprint density at radius 3 is 2.07 bits per heavy atom. The smallest absolute Gasteiger partial charge is 0.275 e. The van der Waals surface area contributed by atoms with Crippen molar-refractivity contribution in [2.24, 2.45) is 0 Å². The minimum atomic E-state index is -0.321. The number of ether oxygens (including phenoxy) is 1. The summed E-state index contributed by atoms with van der Waals surface area (Å²) in [6.07, 6.45) is 2.99. The van der Waals surface area contributed by atoms with Crippen LogP contribution >= 0.6 is 0 Å². The Morgan fingerprint density at radius 2 is 1.54 bits per heavy atom. The lowest BCUT2D eigenvalue weighted by Crippen LogP contribution is -2.14. The fraction of sp³-hybridized carbons (Fsp3) is 0.227. The first-order valence-electron chi connectivity index (χ1n) is 9.00. The van der Waals surface area contributed by atoms with Crippen LogP contribution in [0, 0.1) is 0 Å². The predicted octanol–water partition coefficient (Wildman–Crippen LogP) is 4.78. The summed E-state index contributed by atoms with van der Waals surface area (Å²) in [7, 11) is 1.59. The molecule has 0 saturated heterocycles. The highest BCUT2D eigenvalue weighted by atomic mass is 16.5. The number of aromatic nitrogens is 2. The lowest BCUT2D eigenvalue weighted by molar-refractivity contribution is 0.102. The number of anilines is 3. The maximum absolute atomic E-state index is 12.3. The molecule has 6 heteroatoms. The van der Waals surface area contributed by atoms with Gasteiger partial charge >= 0.3 is 0 Å². The molecule has 0 aliphatic carbocycles. The maximum atomic E-state index is 12.3. The summed E-state index contributed by atoms with van der Waals surface area (Å²) in [4.78, 5) is 20.8. The molecule has 0 saturated carbocycles. The number of amides is 1. The largest absolute Gasteiger partial charge is 0.497 e. The monoisotopic (exact) mass is 376 g/mol. The Balaban J connectivity index is 1.63. The van der Waals surface area contributed by atoms with Crippen molar-refractivity contribution in [3.8, 4) is 5.75 Å². The van der Waals surface area contributed by atoms with Gasteiger partial charge in [0.15, 0.2) is 0 Å². The molecule has 1 heterocycles. The fourth-order valence-corrected chi connectivity index (χ4v) is 2.58. The third-order valence-electron chi connectivity index (χ3n) is 4.26. The Morgan fingerprint density at radius 1 is 0.893 bits per heavy atom. The van der Waals surface area contributed by atoms with Crippen LogP contribution in [0.2, 0.25) is 0 Å². The first kappa shape index (κ1) is 19.4. The van der Waals surface area contributed by atoms with Crippen molar-refractivity contribution in [3.63, 3.8) is 0 Å². The minimum Gasteiger partial charge on any atom is -0.497 e. The number of carbonyl (C=O) groups is 1. The molecule has 0 unspecified atom stereocenters. The van der Waals surface area contributed by atoms with Crippen LogP contribution in [0.4, 0.5) is 17.2 Å². The maximum Gasteiger partial charge on any atom is 0.275 e. The number of hydrogen-bond donors (Lipinski definition) is 2.